The van der Waals surface area contributed by atoms with Crippen LogP contribution in [-0.4, -0.2) is 17.7 Å². The number of carbonyl (C=O) groups is 3. The highest BCUT2D eigenvalue weighted by atomic mass is 35.5. The Bertz CT molecular complexity index is 1910. The lowest BCUT2D eigenvalue weighted by atomic mass is 10.0. The monoisotopic (exact) mass is 677 g/mol. The summed E-state index contributed by atoms with van der Waals surface area (Å²) in [5.74, 6) is -1.72. The first kappa shape index (κ1) is 34.2. The molecule has 0 saturated heterocycles. The van der Waals surface area contributed by atoms with E-state index in [1.54, 1.807) is 48.5 Å². The molecular formula is C39H33ClFN3O3S. The number of benzene rings is 5. The van der Waals surface area contributed by atoms with E-state index in [1.807, 2.05) is 60.7 Å². The topological polar surface area (TPSA) is 87.3 Å². The van der Waals surface area contributed by atoms with Crippen LogP contribution in [-0.2, 0) is 9.59 Å². The zero-order valence-electron chi connectivity index (χ0n) is 26.2. The van der Waals surface area contributed by atoms with Crippen molar-refractivity contribution in [2.45, 2.75) is 29.9 Å². The van der Waals surface area contributed by atoms with Crippen molar-refractivity contribution in [2.75, 3.05) is 10.6 Å². The molecule has 242 valence electrons. The van der Waals surface area contributed by atoms with Crippen LogP contribution in [0.25, 0.3) is 6.08 Å². The molecule has 0 aliphatic rings. The summed E-state index contributed by atoms with van der Waals surface area (Å²) >= 11 is 7.57. The molecule has 5 aromatic rings. The van der Waals surface area contributed by atoms with Crippen molar-refractivity contribution in [2.24, 2.45) is 0 Å². The van der Waals surface area contributed by atoms with Crippen LogP contribution < -0.4 is 16.0 Å². The average Bonchev–Trinajstić information content (AvgIpc) is 3.09. The van der Waals surface area contributed by atoms with Gasteiger partial charge in [-0.2, -0.15) is 0 Å². The van der Waals surface area contributed by atoms with Gasteiger partial charge in [-0.25, -0.2) is 4.39 Å². The van der Waals surface area contributed by atoms with Crippen LogP contribution in [0.1, 0.15) is 52.1 Å². The van der Waals surface area contributed by atoms with Crippen LogP contribution in [0.5, 0.6) is 0 Å². The van der Waals surface area contributed by atoms with Gasteiger partial charge in [-0.3, -0.25) is 14.4 Å². The number of thioether (sulfide) groups is 1. The smallest absolute Gasteiger partial charge is 0.272 e. The maximum atomic E-state index is 14.7. The first-order valence-corrected chi connectivity index (χ1v) is 16.5. The number of hydrogen-bond donors (Lipinski definition) is 3. The lowest BCUT2D eigenvalue weighted by Gasteiger charge is -2.18. The van der Waals surface area contributed by atoms with Gasteiger partial charge >= 0.3 is 0 Å². The van der Waals surface area contributed by atoms with Gasteiger partial charge in [0.05, 0.1) is 5.02 Å². The van der Waals surface area contributed by atoms with Crippen LogP contribution in [0.3, 0.4) is 0 Å². The van der Waals surface area contributed by atoms with Crippen molar-refractivity contribution in [3.8, 4) is 0 Å². The molecule has 5 rings (SSSR count). The second kappa shape index (κ2) is 16.1. The number of carbonyl (C=O) groups excluding carboxylic acids is 3. The van der Waals surface area contributed by atoms with Gasteiger partial charge in [-0.15, -0.1) is 11.8 Å². The zero-order valence-corrected chi connectivity index (χ0v) is 27.8. The summed E-state index contributed by atoms with van der Waals surface area (Å²) in [6.45, 7) is 4.23. The molecule has 0 aliphatic heterocycles. The lowest BCUT2D eigenvalue weighted by molar-refractivity contribution is -0.116. The summed E-state index contributed by atoms with van der Waals surface area (Å²) in [5.41, 5.74) is 3.14. The highest BCUT2D eigenvalue weighted by Crippen LogP contribution is 2.37. The third kappa shape index (κ3) is 9.00. The molecule has 0 aromatic heterocycles. The van der Waals surface area contributed by atoms with E-state index in [1.165, 1.54) is 41.6 Å². The van der Waals surface area contributed by atoms with Gasteiger partial charge in [0.15, 0.2) is 0 Å². The highest BCUT2D eigenvalue weighted by molar-refractivity contribution is 8.00. The molecule has 0 fully saturated rings. The second-order valence-corrected chi connectivity index (χ2v) is 12.8. The predicted octanol–water partition coefficient (Wildman–Crippen LogP) is 9.48. The second-order valence-electron chi connectivity index (χ2n) is 11.2. The number of halogens is 2. The molecule has 3 amide bonds. The lowest BCUT2D eigenvalue weighted by Crippen LogP contribution is -2.30. The molecule has 0 heterocycles. The molecule has 0 saturated carbocycles. The van der Waals surface area contributed by atoms with Gasteiger partial charge in [0, 0.05) is 27.4 Å². The van der Waals surface area contributed by atoms with E-state index in [0.717, 1.165) is 5.56 Å². The van der Waals surface area contributed by atoms with E-state index >= 15 is 0 Å². The first-order valence-electron chi connectivity index (χ1n) is 15.2. The van der Waals surface area contributed by atoms with Gasteiger partial charge in [-0.05, 0) is 77.7 Å². The Morgan fingerprint density at radius 2 is 1.40 bits per heavy atom. The summed E-state index contributed by atoms with van der Waals surface area (Å²) in [4.78, 5) is 41.0. The maximum Gasteiger partial charge on any atom is 0.272 e. The minimum Gasteiger partial charge on any atom is -0.325 e. The van der Waals surface area contributed by atoms with Gasteiger partial charge in [0.25, 0.3) is 11.8 Å². The fourth-order valence-corrected chi connectivity index (χ4v) is 6.08. The van der Waals surface area contributed by atoms with Gasteiger partial charge in [0.1, 0.15) is 16.8 Å². The van der Waals surface area contributed by atoms with Crippen molar-refractivity contribution < 1.29 is 18.8 Å². The van der Waals surface area contributed by atoms with Crippen molar-refractivity contribution in [1.82, 2.24) is 5.32 Å². The molecule has 9 heteroatoms. The van der Waals surface area contributed by atoms with E-state index < -0.39 is 22.9 Å². The molecule has 3 N–H and O–H groups in total. The van der Waals surface area contributed by atoms with Crippen molar-refractivity contribution in [1.29, 1.82) is 0 Å². The summed E-state index contributed by atoms with van der Waals surface area (Å²) in [5, 5.41) is 7.90. The molecule has 1 atom stereocenters. The van der Waals surface area contributed by atoms with Crippen LogP contribution >= 0.6 is 23.4 Å². The normalized spacial score (nSPS) is 11.9. The minimum atomic E-state index is -0.692. The number of amides is 3. The standard InChI is InChI=1S/C39H33ClFN3O3S/c1-25(2)26-19-21-29(22-20-26)42-39(47)36(27-11-5-3-6-12-27)48-31-16-9-15-30(23-31)43-38(46)35(24-32-33(40)17-10-18-34(32)41)44-37(45)28-13-7-4-8-14-28/h3-25,36H,1-2H3,(H,42,47)(H,43,46)(H,44,45)/b35-24+. The molecule has 0 spiro atoms. The Kier molecular flexibility index (Phi) is 11.4. The Morgan fingerprint density at radius 3 is 2.06 bits per heavy atom. The summed E-state index contributed by atoms with van der Waals surface area (Å²) in [6, 6.07) is 36.7. The highest BCUT2D eigenvalue weighted by Gasteiger charge is 2.23. The largest absolute Gasteiger partial charge is 0.325 e. The van der Waals surface area contributed by atoms with Crippen molar-refractivity contribution in [3.05, 3.63) is 166 Å². The van der Waals surface area contributed by atoms with Crippen molar-refractivity contribution >= 4 is 58.5 Å². The average molecular weight is 678 g/mol. The van der Waals surface area contributed by atoms with E-state index in [9.17, 15) is 18.8 Å². The van der Waals surface area contributed by atoms with Crippen LogP contribution in [0, 0.1) is 5.82 Å². The van der Waals surface area contributed by atoms with E-state index in [0.29, 0.717) is 27.8 Å². The summed E-state index contributed by atoms with van der Waals surface area (Å²) in [7, 11) is 0. The van der Waals surface area contributed by atoms with Crippen LogP contribution in [0.15, 0.2) is 138 Å². The molecule has 6 nitrogen and oxygen atoms in total. The maximum absolute atomic E-state index is 14.7. The number of anilines is 2. The van der Waals surface area contributed by atoms with Crippen LogP contribution in [0.4, 0.5) is 15.8 Å². The first-order chi connectivity index (χ1) is 23.2. The number of rotatable bonds is 11. The third-order valence-corrected chi connectivity index (χ3v) is 8.93. The van der Waals surface area contributed by atoms with E-state index in [2.05, 4.69) is 29.8 Å². The molecule has 1 unspecified atom stereocenters. The van der Waals surface area contributed by atoms with Gasteiger partial charge < -0.3 is 16.0 Å². The fraction of sp³-hybridized carbons (Fsp3) is 0.103. The van der Waals surface area contributed by atoms with Gasteiger partial charge in [0.2, 0.25) is 5.91 Å². The van der Waals surface area contributed by atoms with Crippen LogP contribution in [0.2, 0.25) is 5.02 Å². The SMILES string of the molecule is CC(C)c1ccc(NC(=O)C(Sc2cccc(NC(=O)/C(=C\c3c(F)cccc3Cl)NC(=O)c3ccccc3)c2)c2ccccc2)cc1. The zero-order chi connectivity index (χ0) is 34.0. The molecule has 5 aromatic carbocycles. The Hall–Kier alpha value is -5.18. The van der Waals surface area contributed by atoms with E-state index in [-0.39, 0.29) is 22.2 Å². The molecule has 0 bridgehead atoms. The minimum absolute atomic E-state index is 0.0439. The van der Waals surface area contributed by atoms with E-state index in [4.69, 9.17) is 11.6 Å². The molecule has 0 aliphatic carbocycles. The number of hydrogen-bond acceptors (Lipinski definition) is 4. The quantitative estimate of drug-likeness (QED) is 0.0960. The Labute approximate surface area is 288 Å². The predicted molar refractivity (Wildman–Crippen MR) is 193 cm³/mol. The van der Waals surface area contributed by atoms with Gasteiger partial charge in [-0.1, -0.05) is 98.2 Å². The summed E-state index contributed by atoms with van der Waals surface area (Å²) < 4.78 is 14.7. The fourth-order valence-electron chi connectivity index (χ4n) is 4.78. The Balaban J connectivity index is 1.38. The third-order valence-electron chi connectivity index (χ3n) is 7.35. The summed E-state index contributed by atoms with van der Waals surface area (Å²) in [6.07, 6.45) is 1.20. The Morgan fingerprint density at radius 1 is 0.729 bits per heavy atom. The molecule has 0 radical (unpaired) electrons. The molecule has 48 heavy (non-hydrogen) atoms. The van der Waals surface area contributed by atoms with Crippen molar-refractivity contribution in [3.63, 3.8) is 0 Å². The molecular weight excluding hydrogens is 645 g/mol. The number of nitrogens with one attached hydrogen (secondary N) is 3.